The summed E-state index contributed by atoms with van der Waals surface area (Å²) in [6, 6.07) is 5.42. The third-order valence-electron chi connectivity index (χ3n) is 5.61. The van der Waals surface area contributed by atoms with Crippen molar-refractivity contribution in [2.75, 3.05) is 61.4 Å². The molecule has 0 saturated carbocycles. The van der Waals surface area contributed by atoms with Crippen molar-refractivity contribution < 1.29 is 14.7 Å². The number of pyridine rings is 1. The summed E-state index contributed by atoms with van der Waals surface area (Å²) in [7, 11) is 2.12. The number of carbonyl (C=O) groups excluding carboxylic acids is 1. The molecule has 2 aromatic rings. The molecule has 11 heteroatoms. The minimum absolute atomic E-state index is 0.0537. The van der Waals surface area contributed by atoms with E-state index >= 15 is 0 Å². The number of rotatable bonds is 4. The molecule has 4 rings (SSSR count). The molecule has 2 aromatic heterocycles. The summed E-state index contributed by atoms with van der Waals surface area (Å²) in [6.45, 7) is 5.91. The number of imide groups is 1. The number of piperazine rings is 2. The fourth-order valence-corrected chi connectivity index (χ4v) is 3.74. The quantitative estimate of drug-likeness (QED) is 0.735. The van der Waals surface area contributed by atoms with Crippen molar-refractivity contribution in [2.24, 2.45) is 0 Å². The summed E-state index contributed by atoms with van der Waals surface area (Å²) in [5.74, 6) is 1.06. The molecular formula is C20H26N8O3. The Bertz CT molecular complexity index is 946. The maximum absolute atomic E-state index is 12.1. The first-order valence-corrected chi connectivity index (χ1v) is 10.2. The van der Waals surface area contributed by atoms with Gasteiger partial charge in [0, 0.05) is 38.4 Å². The van der Waals surface area contributed by atoms with Crippen LogP contribution in [0.2, 0.25) is 0 Å². The van der Waals surface area contributed by atoms with E-state index in [4.69, 9.17) is 5.11 Å². The van der Waals surface area contributed by atoms with Crippen LogP contribution in [-0.4, -0.2) is 94.2 Å². The predicted octanol–water partition coefficient (Wildman–Crippen LogP) is 1.08. The molecule has 11 nitrogen and oxygen atoms in total. The van der Waals surface area contributed by atoms with Gasteiger partial charge in [0.1, 0.15) is 11.6 Å². The summed E-state index contributed by atoms with van der Waals surface area (Å²) in [6.07, 6.45) is 2.21. The van der Waals surface area contributed by atoms with Crippen LogP contribution in [0, 0.1) is 0 Å². The smallest absolute Gasteiger partial charge is 0.414 e. The highest BCUT2D eigenvalue weighted by Crippen LogP contribution is 2.22. The first-order valence-electron chi connectivity index (χ1n) is 10.2. The largest absolute Gasteiger partial charge is 0.465 e. The van der Waals surface area contributed by atoms with Crippen molar-refractivity contribution >= 4 is 35.3 Å². The third-order valence-corrected chi connectivity index (χ3v) is 5.61. The number of carboxylic acid groups (broad SMARTS) is 1. The second-order valence-corrected chi connectivity index (χ2v) is 7.82. The van der Waals surface area contributed by atoms with E-state index in [1.807, 2.05) is 25.3 Å². The second-order valence-electron chi connectivity index (χ2n) is 7.82. The van der Waals surface area contributed by atoms with E-state index in [-0.39, 0.29) is 19.1 Å². The third kappa shape index (κ3) is 4.66. The first kappa shape index (κ1) is 20.8. The number of likely N-dealkylation sites (N-methyl/N-ethyl adjacent to an activating group) is 1. The van der Waals surface area contributed by atoms with Crippen LogP contribution in [-0.2, 0) is 4.79 Å². The van der Waals surface area contributed by atoms with Crippen molar-refractivity contribution in [3.8, 4) is 0 Å². The van der Waals surface area contributed by atoms with Gasteiger partial charge in [-0.25, -0.2) is 19.7 Å². The summed E-state index contributed by atoms with van der Waals surface area (Å²) in [5, 5.41) is 12.2. The minimum atomic E-state index is -1.23. The van der Waals surface area contributed by atoms with Gasteiger partial charge in [-0.15, -0.1) is 0 Å². The van der Waals surface area contributed by atoms with Gasteiger partial charge in [-0.3, -0.25) is 4.79 Å². The van der Waals surface area contributed by atoms with Crippen molar-refractivity contribution in [3.05, 3.63) is 30.6 Å². The molecule has 2 saturated heterocycles. The van der Waals surface area contributed by atoms with Gasteiger partial charge >= 0.3 is 6.09 Å². The van der Waals surface area contributed by atoms with Gasteiger partial charge < -0.3 is 25.1 Å². The number of anilines is 4. The summed E-state index contributed by atoms with van der Waals surface area (Å²) >= 11 is 0. The van der Waals surface area contributed by atoms with Gasteiger partial charge in [0.05, 0.1) is 25.0 Å². The molecule has 0 unspecified atom stereocenters. The number of amides is 2. The second kappa shape index (κ2) is 8.72. The standard InChI is InChI=1S/C20H26N8O3/c1-14-12-28(20(30)31)18(29)13-27(14)17-5-6-21-19(24-17)23-16-4-3-15(11-22-16)26-9-7-25(2)8-10-26/h3-6,11,14H,7-10,12-13H2,1-2H3,(H,30,31)(H,21,22,23,24)/t14-/m0/s1. The zero-order valence-corrected chi connectivity index (χ0v) is 17.6. The lowest BCUT2D eigenvalue weighted by Gasteiger charge is -2.37. The van der Waals surface area contributed by atoms with Crippen LogP contribution in [0.15, 0.2) is 30.6 Å². The van der Waals surface area contributed by atoms with Crippen LogP contribution in [0.5, 0.6) is 0 Å². The van der Waals surface area contributed by atoms with Crippen LogP contribution in [0.1, 0.15) is 6.92 Å². The van der Waals surface area contributed by atoms with Crippen LogP contribution < -0.4 is 15.1 Å². The maximum Gasteiger partial charge on any atom is 0.414 e. The van der Waals surface area contributed by atoms with Crippen molar-refractivity contribution in [1.29, 1.82) is 0 Å². The van der Waals surface area contributed by atoms with E-state index in [1.165, 1.54) is 0 Å². The molecule has 0 aromatic carbocycles. The van der Waals surface area contributed by atoms with E-state index in [9.17, 15) is 9.59 Å². The molecule has 2 fully saturated rings. The van der Waals surface area contributed by atoms with Gasteiger partial charge in [0.15, 0.2) is 0 Å². The van der Waals surface area contributed by atoms with Crippen molar-refractivity contribution in [2.45, 2.75) is 13.0 Å². The van der Waals surface area contributed by atoms with Gasteiger partial charge in [-0.2, -0.15) is 4.98 Å². The van der Waals surface area contributed by atoms with Crippen LogP contribution in [0.4, 0.5) is 28.1 Å². The highest BCUT2D eigenvalue weighted by Gasteiger charge is 2.33. The Morgan fingerprint density at radius 2 is 1.94 bits per heavy atom. The number of aromatic nitrogens is 3. The Balaban J connectivity index is 1.43. The van der Waals surface area contributed by atoms with Crippen molar-refractivity contribution in [3.63, 3.8) is 0 Å². The molecule has 2 aliphatic rings. The molecule has 164 valence electrons. The molecule has 2 amide bonds. The lowest BCUT2D eigenvalue weighted by atomic mass is 10.2. The zero-order valence-electron chi connectivity index (χ0n) is 17.6. The van der Waals surface area contributed by atoms with E-state index in [1.54, 1.807) is 17.2 Å². The van der Waals surface area contributed by atoms with Gasteiger partial charge in [-0.05, 0) is 32.2 Å². The van der Waals surface area contributed by atoms with Gasteiger partial charge in [0.2, 0.25) is 5.95 Å². The molecule has 0 aliphatic carbocycles. The Labute approximate surface area is 180 Å². The average molecular weight is 426 g/mol. The highest BCUT2D eigenvalue weighted by atomic mass is 16.4. The monoisotopic (exact) mass is 426 g/mol. The van der Waals surface area contributed by atoms with E-state index in [0.717, 1.165) is 36.8 Å². The summed E-state index contributed by atoms with van der Waals surface area (Å²) in [4.78, 5) is 43.8. The zero-order chi connectivity index (χ0) is 22.0. The number of carbonyl (C=O) groups is 2. The Morgan fingerprint density at radius 1 is 1.16 bits per heavy atom. The van der Waals surface area contributed by atoms with Gasteiger partial charge in [-0.1, -0.05) is 0 Å². The molecule has 0 bridgehead atoms. The molecule has 4 heterocycles. The SMILES string of the molecule is C[C@H]1CN(C(=O)O)C(=O)CN1c1ccnc(Nc2ccc(N3CCN(C)CC3)cn2)n1. The molecule has 2 aliphatic heterocycles. The Kier molecular flexibility index (Phi) is 5.85. The normalized spacial score (nSPS) is 20.1. The first-order chi connectivity index (χ1) is 14.9. The molecule has 1 atom stereocenters. The van der Waals surface area contributed by atoms with Gasteiger partial charge in [0.25, 0.3) is 5.91 Å². The highest BCUT2D eigenvalue weighted by molar-refractivity contribution is 5.94. The Hall–Kier alpha value is -3.47. The summed E-state index contributed by atoms with van der Waals surface area (Å²) < 4.78 is 0. The van der Waals surface area contributed by atoms with E-state index in [0.29, 0.717) is 17.6 Å². The number of hydrogen-bond donors (Lipinski definition) is 2. The Morgan fingerprint density at radius 3 is 2.61 bits per heavy atom. The molecular weight excluding hydrogens is 400 g/mol. The molecule has 0 spiro atoms. The minimum Gasteiger partial charge on any atom is -0.465 e. The fourth-order valence-electron chi connectivity index (χ4n) is 3.74. The van der Waals surface area contributed by atoms with E-state index < -0.39 is 12.0 Å². The maximum atomic E-state index is 12.1. The van der Waals surface area contributed by atoms with Crippen LogP contribution in [0.25, 0.3) is 0 Å². The van der Waals surface area contributed by atoms with Crippen molar-refractivity contribution in [1.82, 2.24) is 24.8 Å². The number of hydrogen-bond acceptors (Lipinski definition) is 9. The number of nitrogens with one attached hydrogen (secondary N) is 1. The lowest BCUT2D eigenvalue weighted by molar-refractivity contribution is -0.129. The fraction of sp³-hybridized carbons (Fsp3) is 0.450. The van der Waals surface area contributed by atoms with E-state index in [2.05, 4.69) is 37.1 Å². The average Bonchev–Trinajstić information content (AvgIpc) is 2.76. The predicted molar refractivity (Wildman–Crippen MR) is 116 cm³/mol. The van der Waals surface area contributed by atoms with Crippen LogP contribution >= 0.6 is 0 Å². The molecule has 2 N–H and O–H groups in total. The molecule has 0 radical (unpaired) electrons. The summed E-state index contributed by atoms with van der Waals surface area (Å²) in [5.41, 5.74) is 1.08. The number of nitrogens with zero attached hydrogens (tertiary/aromatic N) is 7. The topological polar surface area (TPSA) is 118 Å². The molecule has 31 heavy (non-hydrogen) atoms. The lowest BCUT2D eigenvalue weighted by Crippen LogP contribution is -2.57. The van der Waals surface area contributed by atoms with Crippen LogP contribution in [0.3, 0.4) is 0 Å².